The first kappa shape index (κ1) is 48.6. The van der Waals surface area contributed by atoms with Gasteiger partial charge < -0.3 is 47.0 Å². The van der Waals surface area contributed by atoms with Crippen LogP contribution in [0, 0.1) is 46.3 Å². The van der Waals surface area contributed by atoms with Gasteiger partial charge in [0.25, 0.3) is 0 Å². The molecule has 0 aromatic heterocycles. The van der Waals surface area contributed by atoms with Crippen LogP contribution in [-0.4, -0.2) is 113 Å². The molecule has 2 fully saturated rings. The number of carboxylic acid groups (broad SMARTS) is 6. The first-order chi connectivity index (χ1) is 29.0. The largest absolute Gasteiger partial charge is 0.664 e. The van der Waals surface area contributed by atoms with Crippen molar-refractivity contribution in [3.8, 4) is 0 Å². The molecule has 6 aliphatic heterocycles. The van der Waals surface area contributed by atoms with Crippen molar-refractivity contribution < 1.29 is 85.5 Å². The zero-order chi connectivity index (χ0) is 45.5. The molecule has 0 aliphatic carbocycles. The minimum atomic E-state index is -1.47. The molecule has 6 heterocycles. The molecule has 63 heavy (non-hydrogen) atoms. The molecule has 8 bridgehead atoms. The van der Waals surface area contributed by atoms with Crippen molar-refractivity contribution in [2.45, 2.75) is 121 Å². The van der Waals surface area contributed by atoms with Gasteiger partial charge in [0.15, 0.2) is 0 Å². The standard InChI is InChI=1S/C42H54N6O14.Ni/c1-40(17-32(43)49)23(5-9-36(55)56)30-16-42-41(2,18-33(50)48-42)24(6-10-37(57)58)29(47-42)14-27-21(11-38(59)60)19(3-7-34(51)52)25(44-27)13-26-20(4-8-35(53)54)22(12-39(61)62)28(45-26)15-31(40)46-30;/h13-14,19-24,28,30H,3-12,15-18H2,1-2H3,(H10,43,44,45,47,48,49,50,51,52,53,54,55,56,57,58,59,60,61,62);/p-1/t19-,20-,21-,22-,23+,24+,28+,30-,40-,41-,42-;/m0./s1. The second-order valence-electron chi connectivity index (χ2n) is 18.1. The van der Waals surface area contributed by atoms with Crippen molar-refractivity contribution >= 4 is 64.8 Å². The quantitative estimate of drug-likeness (QED) is 0.0916. The van der Waals surface area contributed by atoms with Gasteiger partial charge in [-0.1, -0.05) is 26.0 Å². The van der Waals surface area contributed by atoms with Gasteiger partial charge in [-0.25, -0.2) is 0 Å². The number of aliphatic carboxylic acids is 6. The molecule has 0 unspecified atom stereocenters. The van der Waals surface area contributed by atoms with Crippen LogP contribution in [0.4, 0.5) is 0 Å². The summed E-state index contributed by atoms with van der Waals surface area (Å²) in [5, 5.41) is 67.7. The van der Waals surface area contributed by atoms with Crippen molar-refractivity contribution in [2.24, 2.45) is 67.0 Å². The normalized spacial score (nSPS) is 35.5. The molecular weight excluding hydrogens is 871 g/mol. The van der Waals surface area contributed by atoms with Crippen LogP contribution >= 0.6 is 0 Å². The maximum Gasteiger partial charge on any atom is 0.303 e. The Labute approximate surface area is 372 Å². The Bertz CT molecular complexity index is 2120. The Kier molecular flexibility index (Phi) is 14.4. The van der Waals surface area contributed by atoms with E-state index in [4.69, 9.17) is 26.0 Å². The molecule has 0 aromatic rings. The van der Waals surface area contributed by atoms with Crippen LogP contribution in [0.3, 0.4) is 0 Å². The number of fused-ring (bicyclic) bond motifs is 4. The van der Waals surface area contributed by atoms with Crippen molar-refractivity contribution in [1.29, 1.82) is 0 Å². The number of nitrogens with zero attached hydrogens (tertiary/aromatic N) is 4. The summed E-state index contributed by atoms with van der Waals surface area (Å²) >= 11 is 0. The summed E-state index contributed by atoms with van der Waals surface area (Å²) in [6, 6.07) is -1.69. The number of carboxylic acids is 6. The van der Waals surface area contributed by atoms with Crippen molar-refractivity contribution in [1.82, 2.24) is 5.32 Å². The Morgan fingerprint density at radius 3 is 1.87 bits per heavy atom. The first-order valence-electron chi connectivity index (χ1n) is 20.9. The van der Waals surface area contributed by atoms with Crippen LogP contribution in [-0.2, 0) is 54.8 Å². The molecule has 0 radical (unpaired) electrons. The fraction of sp³-hybridized carbons (Fsp3) is 0.643. The van der Waals surface area contributed by atoms with Crippen LogP contribution in [0.2, 0.25) is 0 Å². The minimum Gasteiger partial charge on any atom is -0.664 e. The molecular formula is C42H53N6NiO14-. The smallest absolute Gasteiger partial charge is 0.303 e. The third-order valence-corrected chi connectivity index (χ3v) is 14.2. The third kappa shape index (κ3) is 9.87. The first-order valence-corrected chi connectivity index (χ1v) is 20.9. The fourth-order valence-corrected chi connectivity index (χ4v) is 11.4. The number of aliphatic imine (C=N–C) groups is 3. The zero-order valence-corrected chi connectivity index (χ0v) is 35.8. The third-order valence-electron chi connectivity index (χ3n) is 14.2. The van der Waals surface area contributed by atoms with Gasteiger partial charge in [0.1, 0.15) is 5.66 Å². The van der Waals surface area contributed by atoms with Gasteiger partial charge in [-0.3, -0.25) is 53.3 Å². The summed E-state index contributed by atoms with van der Waals surface area (Å²) in [5.41, 5.74) is 3.55. The van der Waals surface area contributed by atoms with E-state index >= 15 is 0 Å². The predicted molar refractivity (Wildman–Crippen MR) is 217 cm³/mol. The van der Waals surface area contributed by atoms with Gasteiger partial charge in [0, 0.05) is 114 Å². The van der Waals surface area contributed by atoms with Gasteiger partial charge in [-0.15, -0.1) is 0 Å². The van der Waals surface area contributed by atoms with Gasteiger partial charge in [0.2, 0.25) is 11.8 Å². The Morgan fingerprint density at radius 2 is 1.29 bits per heavy atom. The molecule has 6 aliphatic rings. The minimum absolute atomic E-state index is 0. The molecule has 6 rings (SSSR count). The number of amides is 2. The second-order valence-corrected chi connectivity index (χ2v) is 18.1. The Balaban J connectivity index is 0.00000748. The zero-order valence-electron chi connectivity index (χ0n) is 34.8. The number of carbonyl (C=O) groups is 8. The van der Waals surface area contributed by atoms with E-state index in [-0.39, 0.29) is 117 Å². The summed E-state index contributed by atoms with van der Waals surface area (Å²) in [7, 11) is 0. The molecule has 9 N–H and O–H groups in total. The topological polar surface area (TPSA) is 347 Å². The molecule has 2 saturated heterocycles. The average molecular weight is 925 g/mol. The van der Waals surface area contributed by atoms with Crippen LogP contribution < -0.4 is 11.1 Å². The van der Waals surface area contributed by atoms with Crippen molar-refractivity contribution in [2.75, 3.05) is 0 Å². The number of nitrogens with one attached hydrogen (secondary N) is 1. The van der Waals surface area contributed by atoms with E-state index in [9.17, 15) is 69.0 Å². The van der Waals surface area contributed by atoms with Gasteiger partial charge in [-0.2, -0.15) is 11.4 Å². The summed E-state index contributed by atoms with van der Waals surface area (Å²) in [6.45, 7) is 3.55. The van der Waals surface area contributed by atoms with Gasteiger partial charge in [0.05, 0.1) is 24.9 Å². The average Bonchev–Trinajstić information content (AvgIpc) is 3.82. The van der Waals surface area contributed by atoms with Gasteiger partial charge >= 0.3 is 35.8 Å². The number of hydrogen-bond acceptors (Lipinski definition) is 11. The number of allylic oxidation sites excluding steroid dienone is 4. The maximum atomic E-state index is 13.6. The van der Waals surface area contributed by atoms with E-state index in [1.165, 1.54) is 0 Å². The van der Waals surface area contributed by atoms with E-state index in [2.05, 4.69) is 5.32 Å². The maximum absolute atomic E-state index is 13.6. The summed E-state index contributed by atoms with van der Waals surface area (Å²) < 4.78 is 0. The predicted octanol–water partition coefficient (Wildman–Crippen LogP) is 3.24. The van der Waals surface area contributed by atoms with Crippen LogP contribution in [0.25, 0.3) is 5.32 Å². The molecule has 1 spiro atoms. The van der Waals surface area contributed by atoms with E-state index < -0.39 is 119 Å². The summed E-state index contributed by atoms with van der Waals surface area (Å²) in [6.07, 6.45) is 0.248. The molecule has 346 valence electrons. The van der Waals surface area contributed by atoms with Crippen LogP contribution in [0.1, 0.15) is 104 Å². The fourth-order valence-electron chi connectivity index (χ4n) is 11.4. The van der Waals surface area contributed by atoms with Crippen LogP contribution in [0.15, 0.2) is 38.5 Å². The van der Waals surface area contributed by atoms with Crippen LogP contribution in [0.5, 0.6) is 0 Å². The number of carbonyl (C=O) groups excluding carboxylic acids is 2. The van der Waals surface area contributed by atoms with Gasteiger partial charge in [-0.05, 0) is 43.4 Å². The monoisotopic (exact) mass is 923 g/mol. The SMILES string of the molecule is C[C@@]12CC(=O)N[C@@]13C[C@@H]1N=C(C[C@H]4N=C(/C=C5\[N-]/C(=C\C(=N3)[C@H]2CCC(=O)O)[C@@H](CC(=O)O)[C@@H]5CCC(=O)O)[C@@H](CCC(=O)O)[C@@H]4CC(=O)O)[C@@](C)(CC(N)=O)[C@@H]1CCC(=O)O.[Ni]. The molecule has 0 saturated carbocycles. The molecule has 2 amide bonds. The molecule has 21 heteroatoms. The Morgan fingerprint density at radius 1 is 0.730 bits per heavy atom. The second kappa shape index (κ2) is 18.7. The molecule has 20 nitrogen and oxygen atoms in total. The summed E-state index contributed by atoms with van der Waals surface area (Å²) in [4.78, 5) is 115. The van der Waals surface area contributed by atoms with E-state index in [0.29, 0.717) is 11.4 Å². The number of nitrogens with two attached hydrogens (primary N) is 1. The van der Waals surface area contributed by atoms with Crippen molar-refractivity contribution in [3.63, 3.8) is 0 Å². The van der Waals surface area contributed by atoms with Crippen molar-refractivity contribution in [3.05, 3.63) is 28.9 Å². The Hall–Kier alpha value is -5.46. The number of primary amides is 1. The molecule has 11 atom stereocenters. The number of hydrogen-bond donors (Lipinski definition) is 8. The van der Waals surface area contributed by atoms with E-state index in [0.717, 1.165) is 0 Å². The summed E-state index contributed by atoms with van der Waals surface area (Å²) in [5.74, 6) is -12.8. The van der Waals surface area contributed by atoms with E-state index in [1.54, 1.807) is 26.0 Å². The number of rotatable bonds is 18. The molecule has 0 aromatic carbocycles. The van der Waals surface area contributed by atoms with E-state index in [1.807, 2.05) is 0 Å².